The zero-order valence-electron chi connectivity index (χ0n) is 9.47. The molecule has 1 rings (SSSR count). The molecule has 0 aromatic rings. The van der Waals surface area contributed by atoms with E-state index in [2.05, 4.69) is 25.7 Å². The van der Waals surface area contributed by atoms with E-state index in [1.54, 1.807) is 0 Å². The summed E-state index contributed by atoms with van der Waals surface area (Å²) in [4.78, 5) is 11.6. The molecule has 0 saturated heterocycles. The van der Waals surface area contributed by atoms with Gasteiger partial charge in [0.05, 0.1) is 0 Å². The maximum Gasteiger partial charge on any atom is 0.136 e. The van der Waals surface area contributed by atoms with Crippen molar-refractivity contribution in [3.05, 3.63) is 0 Å². The minimum atomic E-state index is 0.226. The van der Waals surface area contributed by atoms with Crippen molar-refractivity contribution in [3.63, 3.8) is 0 Å². The average molecular weight is 192 g/mol. The molecule has 0 aromatic carbocycles. The third-order valence-corrected chi connectivity index (χ3v) is 3.27. The number of ketones is 1. The highest BCUT2D eigenvalue weighted by atomic mass is 16.1. The summed E-state index contributed by atoms with van der Waals surface area (Å²) < 4.78 is 0. The molecule has 78 valence electrons. The molecule has 1 fully saturated rings. The van der Waals surface area contributed by atoms with Crippen LogP contribution in [0.15, 0.2) is 0 Å². The Balaban J connectivity index is 2.53. The van der Waals surface area contributed by atoms with Gasteiger partial charge in [0, 0.05) is 18.8 Å². The number of Topliss-reactive ketones (excluding diaryl/α,β-unsaturated/α-hetero) is 1. The summed E-state index contributed by atoms with van der Waals surface area (Å²) >= 11 is 0. The zero-order chi connectivity index (χ0) is 10.6. The average Bonchev–Trinajstić information content (AvgIpc) is 2.16. The van der Waals surface area contributed by atoms with Gasteiger partial charge in [-0.1, -0.05) is 13.8 Å². The summed E-state index contributed by atoms with van der Waals surface area (Å²) in [6, 6.07) is 0. The topological polar surface area (TPSA) is 17.1 Å². The molecule has 0 heterocycles. The summed E-state index contributed by atoms with van der Waals surface area (Å²) in [5.74, 6) is 8.02. The number of hydrogen-bond acceptors (Lipinski definition) is 1. The van der Waals surface area contributed by atoms with E-state index < -0.39 is 0 Å². The molecule has 0 amide bonds. The van der Waals surface area contributed by atoms with Gasteiger partial charge >= 0.3 is 0 Å². The molecule has 0 spiro atoms. The van der Waals surface area contributed by atoms with Crippen LogP contribution in [0.5, 0.6) is 0 Å². The molecular formula is C13H20O. The van der Waals surface area contributed by atoms with Gasteiger partial charge in [0.15, 0.2) is 0 Å². The summed E-state index contributed by atoms with van der Waals surface area (Å²) in [6.45, 7) is 6.35. The Morgan fingerprint density at radius 3 is 2.79 bits per heavy atom. The number of carbonyl (C=O) groups excluding carboxylic acids is 1. The van der Waals surface area contributed by atoms with Gasteiger partial charge in [0.1, 0.15) is 5.78 Å². The lowest BCUT2D eigenvalue weighted by Gasteiger charge is -2.29. The van der Waals surface area contributed by atoms with E-state index in [0.717, 1.165) is 31.6 Å². The summed E-state index contributed by atoms with van der Waals surface area (Å²) in [6.07, 6.45) is 3.70. The van der Waals surface area contributed by atoms with Crippen LogP contribution in [-0.4, -0.2) is 5.78 Å². The van der Waals surface area contributed by atoms with Gasteiger partial charge in [-0.05, 0) is 31.6 Å². The first-order chi connectivity index (χ1) is 6.65. The van der Waals surface area contributed by atoms with Crippen LogP contribution >= 0.6 is 0 Å². The second-order valence-electron chi connectivity index (χ2n) is 4.57. The lowest BCUT2D eigenvalue weighted by molar-refractivity contribution is -0.125. The van der Waals surface area contributed by atoms with Crippen LogP contribution in [0.25, 0.3) is 0 Å². The van der Waals surface area contributed by atoms with Crippen LogP contribution in [0.4, 0.5) is 0 Å². The van der Waals surface area contributed by atoms with Crippen molar-refractivity contribution in [2.24, 2.45) is 17.8 Å². The highest BCUT2D eigenvalue weighted by Crippen LogP contribution is 2.32. The Morgan fingerprint density at radius 2 is 2.21 bits per heavy atom. The molecular weight excluding hydrogens is 172 g/mol. The highest BCUT2D eigenvalue weighted by molar-refractivity contribution is 5.82. The van der Waals surface area contributed by atoms with Gasteiger partial charge < -0.3 is 0 Å². The van der Waals surface area contributed by atoms with Crippen LogP contribution < -0.4 is 0 Å². The monoisotopic (exact) mass is 192 g/mol. The van der Waals surface area contributed by atoms with E-state index in [1.807, 2.05) is 6.92 Å². The van der Waals surface area contributed by atoms with Crippen molar-refractivity contribution in [2.45, 2.75) is 46.5 Å². The third kappa shape index (κ3) is 2.87. The Labute approximate surface area is 87.3 Å². The smallest absolute Gasteiger partial charge is 0.136 e. The molecule has 1 aliphatic carbocycles. The zero-order valence-corrected chi connectivity index (χ0v) is 9.47. The largest absolute Gasteiger partial charge is 0.299 e. The molecule has 0 bridgehead atoms. The lowest BCUT2D eigenvalue weighted by Crippen LogP contribution is -2.27. The van der Waals surface area contributed by atoms with Crippen molar-refractivity contribution >= 4 is 5.78 Å². The van der Waals surface area contributed by atoms with E-state index in [1.165, 1.54) is 0 Å². The third-order valence-electron chi connectivity index (χ3n) is 3.27. The Morgan fingerprint density at radius 1 is 1.50 bits per heavy atom. The number of carbonyl (C=O) groups is 1. The maximum absolute atomic E-state index is 11.6. The first-order valence-electron chi connectivity index (χ1n) is 5.57. The van der Waals surface area contributed by atoms with Crippen molar-refractivity contribution in [2.75, 3.05) is 0 Å². The SMILES string of the molecule is CC#CCC1CC(C(C)C)CCC1=O. The van der Waals surface area contributed by atoms with Gasteiger partial charge in [-0.3, -0.25) is 4.79 Å². The minimum absolute atomic E-state index is 0.226. The fourth-order valence-corrected chi connectivity index (χ4v) is 2.17. The molecule has 0 aliphatic heterocycles. The first-order valence-corrected chi connectivity index (χ1v) is 5.57. The summed E-state index contributed by atoms with van der Waals surface area (Å²) in [5, 5.41) is 0. The summed E-state index contributed by atoms with van der Waals surface area (Å²) in [5.41, 5.74) is 0. The van der Waals surface area contributed by atoms with E-state index in [-0.39, 0.29) is 5.92 Å². The molecule has 2 atom stereocenters. The van der Waals surface area contributed by atoms with Crippen molar-refractivity contribution in [3.8, 4) is 11.8 Å². The molecule has 0 N–H and O–H groups in total. The van der Waals surface area contributed by atoms with Gasteiger partial charge in [-0.15, -0.1) is 11.8 Å². The van der Waals surface area contributed by atoms with Gasteiger partial charge in [0.25, 0.3) is 0 Å². The van der Waals surface area contributed by atoms with Crippen LogP contribution in [0.2, 0.25) is 0 Å². The van der Waals surface area contributed by atoms with E-state index in [4.69, 9.17) is 0 Å². The van der Waals surface area contributed by atoms with Gasteiger partial charge in [-0.25, -0.2) is 0 Å². The van der Waals surface area contributed by atoms with Crippen molar-refractivity contribution < 1.29 is 4.79 Å². The first kappa shape index (κ1) is 11.3. The number of hydrogen-bond donors (Lipinski definition) is 0. The van der Waals surface area contributed by atoms with Crippen molar-refractivity contribution in [1.82, 2.24) is 0 Å². The molecule has 1 aliphatic rings. The predicted octanol–water partition coefficient (Wildman–Crippen LogP) is 3.04. The van der Waals surface area contributed by atoms with Crippen LogP contribution in [0.1, 0.15) is 46.5 Å². The Hall–Kier alpha value is -0.770. The molecule has 14 heavy (non-hydrogen) atoms. The second-order valence-corrected chi connectivity index (χ2v) is 4.57. The maximum atomic E-state index is 11.6. The second kappa shape index (κ2) is 5.20. The normalized spacial score (nSPS) is 27.3. The summed E-state index contributed by atoms with van der Waals surface area (Å²) in [7, 11) is 0. The molecule has 0 aromatic heterocycles. The fourth-order valence-electron chi connectivity index (χ4n) is 2.17. The van der Waals surface area contributed by atoms with E-state index in [0.29, 0.717) is 11.7 Å². The van der Waals surface area contributed by atoms with E-state index in [9.17, 15) is 4.79 Å². The van der Waals surface area contributed by atoms with Gasteiger partial charge in [0.2, 0.25) is 0 Å². The number of rotatable bonds is 2. The molecule has 1 nitrogen and oxygen atoms in total. The van der Waals surface area contributed by atoms with Crippen LogP contribution in [-0.2, 0) is 4.79 Å². The van der Waals surface area contributed by atoms with Crippen LogP contribution in [0.3, 0.4) is 0 Å². The molecule has 2 unspecified atom stereocenters. The molecule has 1 heteroatoms. The lowest BCUT2D eigenvalue weighted by atomic mass is 9.74. The van der Waals surface area contributed by atoms with E-state index >= 15 is 0 Å². The highest BCUT2D eigenvalue weighted by Gasteiger charge is 2.29. The molecule has 1 saturated carbocycles. The Kier molecular flexibility index (Phi) is 4.20. The molecule has 0 radical (unpaired) electrons. The minimum Gasteiger partial charge on any atom is -0.299 e. The Bertz CT molecular complexity index is 254. The predicted molar refractivity (Wildman–Crippen MR) is 58.7 cm³/mol. The quantitative estimate of drug-likeness (QED) is 0.615. The van der Waals surface area contributed by atoms with Crippen LogP contribution in [0, 0.1) is 29.6 Å². The standard InChI is InChI=1S/C13H20O/c1-4-5-6-12-9-11(10(2)3)7-8-13(12)14/h10-12H,6-9H2,1-3H3. The fraction of sp³-hybridized carbons (Fsp3) is 0.769. The van der Waals surface area contributed by atoms with Crippen molar-refractivity contribution in [1.29, 1.82) is 0 Å². The van der Waals surface area contributed by atoms with Gasteiger partial charge in [-0.2, -0.15) is 0 Å².